The number of methoxy groups -OCH3 is 1. The zero-order valence-corrected chi connectivity index (χ0v) is 12.6. The van der Waals surface area contributed by atoms with Crippen molar-refractivity contribution in [2.45, 2.75) is 70.3 Å². The van der Waals surface area contributed by atoms with Crippen molar-refractivity contribution in [1.29, 1.82) is 0 Å². The van der Waals surface area contributed by atoms with Crippen molar-refractivity contribution < 1.29 is 14.3 Å². The van der Waals surface area contributed by atoms with E-state index in [9.17, 15) is 9.59 Å². The molecule has 4 heteroatoms. The molecule has 1 saturated heterocycles. The number of esters is 1. The molecule has 1 saturated carbocycles. The highest BCUT2D eigenvalue weighted by Gasteiger charge is 2.33. The monoisotopic (exact) mass is 281 g/mol. The number of ether oxygens (including phenoxy) is 1. The minimum absolute atomic E-state index is 0.159. The van der Waals surface area contributed by atoms with Gasteiger partial charge in [0.25, 0.3) is 0 Å². The summed E-state index contributed by atoms with van der Waals surface area (Å²) in [6.45, 7) is 0.714. The molecule has 2 fully saturated rings. The fraction of sp³-hybridized carbons (Fsp3) is 0.875. The summed E-state index contributed by atoms with van der Waals surface area (Å²) < 4.78 is 4.85. The molecule has 1 aliphatic carbocycles. The zero-order chi connectivity index (χ0) is 14.4. The van der Waals surface area contributed by atoms with E-state index in [-0.39, 0.29) is 17.9 Å². The van der Waals surface area contributed by atoms with Crippen LogP contribution in [0.25, 0.3) is 0 Å². The van der Waals surface area contributed by atoms with Crippen LogP contribution in [0.4, 0.5) is 0 Å². The van der Waals surface area contributed by atoms with Gasteiger partial charge in [0.2, 0.25) is 5.91 Å². The first kappa shape index (κ1) is 15.3. The molecule has 4 nitrogen and oxygen atoms in total. The summed E-state index contributed by atoms with van der Waals surface area (Å²) in [4.78, 5) is 26.1. The second kappa shape index (κ2) is 7.65. The van der Waals surface area contributed by atoms with Crippen LogP contribution < -0.4 is 0 Å². The van der Waals surface area contributed by atoms with Gasteiger partial charge in [-0.2, -0.15) is 0 Å². The first-order chi connectivity index (χ1) is 9.72. The zero-order valence-electron chi connectivity index (χ0n) is 12.6. The lowest BCUT2D eigenvalue weighted by molar-refractivity contribution is -0.155. The largest absolute Gasteiger partial charge is 0.467 e. The molecule has 0 aromatic carbocycles. The topological polar surface area (TPSA) is 46.6 Å². The predicted molar refractivity (Wildman–Crippen MR) is 77.2 cm³/mol. The molecule has 0 N–H and O–H groups in total. The van der Waals surface area contributed by atoms with E-state index in [4.69, 9.17) is 4.74 Å². The number of carbonyl (C=O) groups is 2. The summed E-state index contributed by atoms with van der Waals surface area (Å²) >= 11 is 0. The van der Waals surface area contributed by atoms with Crippen molar-refractivity contribution in [1.82, 2.24) is 4.90 Å². The van der Waals surface area contributed by atoms with Gasteiger partial charge in [0.15, 0.2) is 0 Å². The van der Waals surface area contributed by atoms with Gasteiger partial charge in [0.05, 0.1) is 7.11 Å². The summed E-state index contributed by atoms with van der Waals surface area (Å²) in [5, 5.41) is 0. The average molecular weight is 281 g/mol. The van der Waals surface area contributed by atoms with E-state index < -0.39 is 0 Å². The highest BCUT2D eigenvalue weighted by molar-refractivity contribution is 5.84. The Morgan fingerprint density at radius 2 is 1.65 bits per heavy atom. The Labute approximate surface area is 121 Å². The quantitative estimate of drug-likeness (QED) is 0.590. The Bertz CT molecular complexity index is 335. The normalized spacial score (nSPS) is 25.1. The fourth-order valence-corrected chi connectivity index (χ4v) is 3.54. The van der Waals surface area contributed by atoms with E-state index in [1.807, 2.05) is 0 Å². The molecule has 0 bridgehead atoms. The molecular formula is C16H27NO3. The number of carbonyl (C=O) groups excluding carboxylic acids is 2. The highest BCUT2D eigenvalue weighted by atomic mass is 16.5. The second-order valence-corrected chi connectivity index (χ2v) is 6.18. The molecule has 1 aliphatic heterocycles. The van der Waals surface area contributed by atoms with Gasteiger partial charge in [0.1, 0.15) is 6.04 Å². The molecule has 114 valence electrons. The Morgan fingerprint density at radius 3 is 2.30 bits per heavy atom. The summed E-state index contributed by atoms with van der Waals surface area (Å²) in [7, 11) is 1.41. The molecule has 0 aromatic rings. The third-order valence-electron chi connectivity index (χ3n) is 4.73. The fourth-order valence-electron chi connectivity index (χ4n) is 3.54. The first-order valence-electron chi connectivity index (χ1n) is 8.09. The van der Waals surface area contributed by atoms with Crippen molar-refractivity contribution in [2.75, 3.05) is 13.7 Å². The maximum Gasteiger partial charge on any atom is 0.328 e. The Kier molecular flexibility index (Phi) is 5.86. The Morgan fingerprint density at radius 1 is 1.00 bits per heavy atom. The third-order valence-corrected chi connectivity index (χ3v) is 4.73. The van der Waals surface area contributed by atoms with E-state index in [2.05, 4.69) is 0 Å². The van der Waals surface area contributed by atoms with Crippen LogP contribution in [-0.4, -0.2) is 36.5 Å². The lowest BCUT2D eigenvalue weighted by atomic mass is 9.94. The van der Waals surface area contributed by atoms with Crippen molar-refractivity contribution in [2.24, 2.45) is 5.92 Å². The summed E-state index contributed by atoms with van der Waals surface area (Å²) in [5.41, 5.74) is 0. The van der Waals surface area contributed by atoms with Gasteiger partial charge < -0.3 is 9.64 Å². The van der Waals surface area contributed by atoms with Crippen LogP contribution >= 0.6 is 0 Å². The smallest absolute Gasteiger partial charge is 0.328 e. The number of piperidine rings is 1. The molecule has 2 rings (SSSR count). The molecule has 0 radical (unpaired) electrons. The van der Waals surface area contributed by atoms with E-state index in [1.165, 1.54) is 45.6 Å². The minimum Gasteiger partial charge on any atom is -0.467 e. The number of likely N-dealkylation sites (tertiary alicyclic amines) is 1. The van der Waals surface area contributed by atoms with Crippen LogP contribution in [0, 0.1) is 5.92 Å². The Balaban J connectivity index is 1.92. The van der Waals surface area contributed by atoms with Gasteiger partial charge in [-0.1, -0.05) is 25.7 Å². The molecular weight excluding hydrogens is 254 g/mol. The molecule has 20 heavy (non-hydrogen) atoms. The number of nitrogens with zero attached hydrogens (tertiary/aromatic N) is 1. The number of amides is 1. The van der Waals surface area contributed by atoms with Gasteiger partial charge in [-0.25, -0.2) is 4.79 Å². The van der Waals surface area contributed by atoms with Crippen molar-refractivity contribution >= 4 is 11.9 Å². The minimum atomic E-state index is -0.341. The van der Waals surface area contributed by atoms with E-state index in [0.717, 1.165) is 19.3 Å². The Hall–Kier alpha value is -1.06. The van der Waals surface area contributed by atoms with Crippen LogP contribution in [0.1, 0.15) is 64.2 Å². The first-order valence-corrected chi connectivity index (χ1v) is 8.09. The number of rotatable bonds is 3. The number of hydrogen-bond donors (Lipinski definition) is 0. The van der Waals surface area contributed by atoms with Crippen LogP contribution in [0.2, 0.25) is 0 Å². The van der Waals surface area contributed by atoms with Crippen LogP contribution in [0.5, 0.6) is 0 Å². The standard InChI is InChI=1S/C16H27NO3/c1-20-16(19)14-10-6-7-11-17(14)15(18)12-13-8-4-2-3-5-9-13/h13-14H,2-12H2,1H3/t14-/m1/s1. The van der Waals surface area contributed by atoms with E-state index in [1.54, 1.807) is 4.90 Å². The van der Waals surface area contributed by atoms with Crippen molar-refractivity contribution in [3.05, 3.63) is 0 Å². The molecule has 0 aromatic heterocycles. The van der Waals surface area contributed by atoms with Gasteiger partial charge in [-0.15, -0.1) is 0 Å². The lowest BCUT2D eigenvalue weighted by Crippen LogP contribution is -2.48. The van der Waals surface area contributed by atoms with Gasteiger partial charge in [-0.05, 0) is 38.0 Å². The maximum atomic E-state index is 12.5. The molecule has 0 spiro atoms. The van der Waals surface area contributed by atoms with Gasteiger partial charge in [0, 0.05) is 13.0 Å². The average Bonchev–Trinajstić information content (AvgIpc) is 2.75. The highest BCUT2D eigenvalue weighted by Crippen LogP contribution is 2.27. The van der Waals surface area contributed by atoms with Gasteiger partial charge in [-0.3, -0.25) is 4.79 Å². The lowest BCUT2D eigenvalue weighted by Gasteiger charge is -2.34. The van der Waals surface area contributed by atoms with E-state index >= 15 is 0 Å². The number of hydrogen-bond acceptors (Lipinski definition) is 3. The summed E-state index contributed by atoms with van der Waals surface area (Å²) in [6.07, 6.45) is 10.8. The molecule has 1 atom stereocenters. The molecule has 1 heterocycles. The van der Waals surface area contributed by atoms with Crippen LogP contribution in [0.3, 0.4) is 0 Å². The third kappa shape index (κ3) is 3.97. The summed E-state index contributed by atoms with van der Waals surface area (Å²) in [6, 6.07) is -0.341. The molecule has 1 amide bonds. The molecule has 2 aliphatic rings. The summed E-state index contributed by atoms with van der Waals surface area (Å²) in [5.74, 6) is 0.427. The van der Waals surface area contributed by atoms with Gasteiger partial charge >= 0.3 is 5.97 Å². The van der Waals surface area contributed by atoms with Crippen molar-refractivity contribution in [3.8, 4) is 0 Å². The second-order valence-electron chi connectivity index (χ2n) is 6.18. The van der Waals surface area contributed by atoms with Crippen LogP contribution in [-0.2, 0) is 14.3 Å². The maximum absolute atomic E-state index is 12.5. The van der Waals surface area contributed by atoms with E-state index in [0.29, 0.717) is 18.9 Å². The SMILES string of the molecule is COC(=O)[C@H]1CCCCN1C(=O)CC1CCCCCC1. The van der Waals surface area contributed by atoms with Crippen LogP contribution in [0.15, 0.2) is 0 Å². The predicted octanol–water partition coefficient (Wildman–Crippen LogP) is 2.90. The molecule has 0 unspecified atom stereocenters. The van der Waals surface area contributed by atoms with Crippen molar-refractivity contribution in [3.63, 3.8) is 0 Å².